The molecule has 1 saturated heterocycles. The lowest BCUT2D eigenvalue weighted by molar-refractivity contribution is -0.302. The Kier molecular flexibility index (Phi) is 26.5. The highest BCUT2D eigenvalue weighted by Gasteiger charge is 2.44. The van der Waals surface area contributed by atoms with Gasteiger partial charge >= 0.3 is 0 Å². The van der Waals surface area contributed by atoms with Gasteiger partial charge in [-0.1, -0.05) is 135 Å². The second-order valence-electron chi connectivity index (χ2n) is 16.4. The van der Waals surface area contributed by atoms with Crippen molar-refractivity contribution in [1.29, 1.82) is 0 Å². The van der Waals surface area contributed by atoms with Crippen molar-refractivity contribution in [2.75, 3.05) is 25.2 Å². The Hall–Kier alpha value is -0.510. The first-order valence-electron chi connectivity index (χ1n) is 21.7. The summed E-state index contributed by atoms with van der Waals surface area (Å²) in [5.41, 5.74) is 0. The van der Waals surface area contributed by atoms with Crippen molar-refractivity contribution in [1.82, 2.24) is 0 Å². The second-order valence-corrected chi connectivity index (χ2v) is 19.0. The SMILES string of the molecule is CCCCCCCCCCCCCC[C@@H](O)[C@@H](O)[C@H](COC1OC(CO)C(O)C(O)C1O)N=S(C)(=O)CCCCCCCCCCC1CCC(F)C(F)C1. The van der Waals surface area contributed by atoms with Gasteiger partial charge in [-0.15, -0.1) is 0 Å². The van der Waals surface area contributed by atoms with E-state index in [0.29, 0.717) is 37.4 Å². The van der Waals surface area contributed by atoms with Crippen molar-refractivity contribution in [2.24, 2.45) is 10.3 Å². The number of halogens is 2. The van der Waals surface area contributed by atoms with E-state index in [4.69, 9.17) is 9.47 Å². The largest absolute Gasteiger partial charge is 0.394 e. The molecule has 2 rings (SSSR count). The molecule has 13 heteroatoms. The molecule has 10 nitrogen and oxygen atoms in total. The van der Waals surface area contributed by atoms with Crippen LogP contribution in [0.4, 0.5) is 8.78 Å². The van der Waals surface area contributed by atoms with Crippen LogP contribution in [0.25, 0.3) is 0 Å². The van der Waals surface area contributed by atoms with E-state index >= 15 is 0 Å². The third-order valence-electron chi connectivity index (χ3n) is 11.5. The first kappa shape index (κ1) is 49.6. The van der Waals surface area contributed by atoms with Crippen LogP contribution in [-0.2, 0) is 19.2 Å². The van der Waals surface area contributed by atoms with Crippen LogP contribution < -0.4 is 0 Å². The Morgan fingerprint density at radius 2 is 1.28 bits per heavy atom. The molecule has 1 aliphatic carbocycles. The Morgan fingerprint density at radius 3 is 1.83 bits per heavy atom. The summed E-state index contributed by atoms with van der Waals surface area (Å²) in [6, 6.07) is -1.11. The van der Waals surface area contributed by atoms with E-state index < -0.39 is 77.6 Å². The fourth-order valence-corrected chi connectivity index (χ4v) is 9.44. The molecular weight excluding hydrogens is 721 g/mol. The first-order valence-corrected chi connectivity index (χ1v) is 23.7. The van der Waals surface area contributed by atoms with E-state index in [0.717, 1.165) is 83.5 Å². The number of hydrogen-bond acceptors (Lipinski definition) is 10. The third kappa shape index (κ3) is 20.3. The highest BCUT2D eigenvalue weighted by atomic mass is 32.2. The topological polar surface area (TPSA) is 169 Å². The van der Waals surface area contributed by atoms with Crippen LogP contribution in [0, 0.1) is 5.92 Å². The van der Waals surface area contributed by atoms with E-state index in [2.05, 4.69) is 11.3 Å². The molecule has 1 heterocycles. The van der Waals surface area contributed by atoms with Crippen molar-refractivity contribution < 1.29 is 53.1 Å². The Morgan fingerprint density at radius 1 is 0.741 bits per heavy atom. The van der Waals surface area contributed by atoms with Gasteiger partial charge in [0, 0.05) is 21.7 Å². The molecule has 2 fully saturated rings. The maximum absolute atomic E-state index is 13.6. The monoisotopic (exact) mass is 800 g/mol. The van der Waals surface area contributed by atoms with Crippen LogP contribution in [-0.4, -0.2) is 121 Å². The molecule has 0 bridgehead atoms. The van der Waals surface area contributed by atoms with Crippen LogP contribution in [0.1, 0.15) is 167 Å². The minimum Gasteiger partial charge on any atom is -0.394 e. The van der Waals surface area contributed by atoms with Crippen LogP contribution in [0.3, 0.4) is 0 Å². The second kappa shape index (κ2) is 28.8. The highest BCUT2D eigenvalue weighted by molar-refractivity contribution is 7.92. The standard InChI is InChI=1S/C41H79F2NO9S/c1-3-4-5-6-7-8-9-10-11-15-18-21-24-35(46)37(47)34(30-52-41-40(50)39(49)38(48)36(29-45)53-41)44-54(2,51)27-22-19-16-13-12-14-17-20-23-31-25-26-32(42)33(43)28-31/h31-41,45-50H,3-30H2,1-2H3/t31?,32?,33?,34-,35+,36?,37-,38?,39?,40?,41?,54?/m0/s1. The maximum Gasteiger partial charge on any atom is 0.186 e. The predicted molar refractivity (Wildman–Crippen MR) is 211 cm³/mol. The number of hydrogen-bond donors (Lipinski definition) is 6. The van der Waals surface area contributed by atoms with Gasteiger partial charge in [0.2, 0.25) is 0 Å². The molecule has 54 heavy (non-hydrogen) atoms. The van der Waals surface area contributed by atoms with Crippen LogP contribution in [0.15, 0.2) is 4.36 Å². The molecule has 6 N–H and O–H groups in total. The van der Waals surface area contributed by atoms with Gasteiger partial charge in [0.25, 0.3) is 0 Å². The Bertz CT molecular complexity index is 1050. The average Bonchev–Trinajstić information content (AvgIpc) is 3.15. The van der Waals surface area contributed by atoms with Crippen LogP contribution in [0.5, 0.6) is 0 Å². The summed E-state index contributed by atoms with van der Waals surface area (Å²) in [7, 11) is -2.79. The van der Waals surface area contributed by atoms with Crippen molar-refractivity contribution in [3.8, 4) is 0 Å². The molecule has 1 aliphatic heterocycles. The first-order chi connectivity index (χ1) is 25.9. The van der Waals surface area contributed by atoms with Crippen LogP contribution in [0.2, 0.25) is 0 Å². The summed E-state index contributed by atoms with van der Waals surface area (Å²) in [4.78, 5) is 0. The number of aliphatic hydroxyl groups is 6. The zero-order chi connectivity index (χ0) is 39.8. The number of unbranched alkanes of at least 4 members (excludes halogenated alkanes) is 18. The minimum absolute atomic E-state index is 0.307. The van der Waals surface area contributed by atoms with Crippen molar-refractivity contribution >= 4 is 9.73 Å². The molecular formula is C41H79F2NO9S. The number of alkyl halides is 2. The van der Waals surface area contributed by atoms with Gasteiger partial charge in [-0.2, -0.15) is 0 Å². The van der Waals surface area contributed by atoms with Gasteiger partial charge in [0.05, 0.1) is 19.3 Å². The molecule has 1 saturated carbocycles. The third-order valence-corrected chi connectivity index (χ3v) is 13.2. The maximum atomic E-state index is 13.6. The zero-order valence-electron chi connectivity index (χ0n) is 33.7. The number of aliphatic hydroxyl groups excluding tert-OH is 6. The van der Waals surface area contributed by atoms with Gasteiger partial charge in [-0.3, -0.25) is 4.21 Å². The van der Waals surface area contributed by atoms with E-state index in [9.17, 15) is 43.6 Å². The van der Waals surface area contributed by atoms with Crippen molar-refractivity contribution in [3.05, 3.63) is 0 Å². The zero-order valence-corrected chi connectivity index (χ0v) is 34.5. The summed E-state index contributed by atoms with van der Waals surface area (Å²) >= 11 is 0. The molecule has 12 atom stereocenters. The normalized spacial score (nSPS) is 29.1. The van der Waals surface area contributed by atoms with E-state index in [1.807, 2.05) is 0 Å². The number of rotatable bonds is 31. The molecule has 9 unspecified atom stereocenters. The smallest absolute Gasteiger partial charge is 0.186 e. The van der Waals surface area contributed by atoms with Gasteiger partial charge in [-0.05, 0) is 38.0 Å². The minimum atomic E-state index is -2.79. The van der Waals surface area contributed by atoms with Gasteiger partial charge in [0.15, 0.2) is 6.29 Å². The van der Waals surface area contributed by atoms with E-state index in [-0.39, 0.29) is 6.61 Å². The quantitative estimate of drug-likeness (QED) is 0.0402. The Balaban J connectivity index is 1.79. The molecule has 322 valence electrons. The molecule has 0 spiro atoms. The fraction of sp³-hybridized carbons (Fsp3) is 1.00. The van der Waals surface area contributed by atoms with Crippen LogP contribution >= 0.6 is 0 Å². The lowest BCUT2D eigenvalue weighted by Crippen LogP contribution is -2.59. The van der Waals surface area contributed by atoms with Gasteiger partial charge in [0.1, 0.15) is 48.9 Å². The molecule has 0 aromatic heterocycles. The molecule has 0 radical (unpaired) electrons. The molecule has 0 amide bonds. The summed E-state index contributed by atoms with van der Waals surface area (Å²) in [5.74, 6) is 0.616. The summed E-state index contributed by atoms with van der Waals surface area (Å²) < 4.78 is 56.3. The van der Waals surface area contributed by atoms with Gasteiger partial charge < -0.3 is 40.1 Å². The van der Waals surface area contributed by atoms with Gasteiger partial charge in [-0.25, -0.2) is 13.1 Å². The Labute approximate surface area is 326 Å². The average molecular weight is 800 g/mol. The summed E-state index contributed by atoms with van der Waals surface area (Å²) in [6.07, 6.45) is 13.9. The molecule has 0 aromatic carbocycles. The number of ether oxygens (including phenoxy) is 2. The lowest BCUT2D eigenvalue weighted by atomic mass is 9.83. The van der Waals surface area contributed by atoms with E-state index in [1.165, 1.54) is 57.6 Å². The molecule has 0 aromatic rings. The lowest BCUT2D eigenvalue weighted by Gasteiger charge is -2.40. The van der Waals surface area contributed by atoms with Crippen molar-refractivity contribution in [3.63, 3.8) is 0 Å². The summed E-state index contributed by atoms with van der Waals surface area (Å²) in [5, 5.41) is 62.5. The fourth-order valence-electron chi connectivity index (χ4n) is 7.84. The molecule has 2 aliphatic rings. The van der Waals surface area contributed by atoms with E-state index in [1.54, 1.807) is 0 Å². The number of nitrogens with zero attached hydrogens (tertiary/aromatic N) is 1. The van der Waals surface area contributed by atoms with Crippen molar-refractivity contribution in [2.45, 2.75) is 229 Å². The highest BCUT2D eigenvalue weighted by Crippen LogP contribution is 2.32. The summed E-state index contributed by atoms with van der Waals surface area (Å²) in [6.45, 7) is 1.24. The predicted octanol–water partition coefficient (Wildman–Crippen LogP) is 7.07.